The summed E-state index contributed by atoms with van der Waals surface area (Å²) in [5.41, 5.74) is 6.59. The Kier molecular flexibility index (Phi) is 5.12. The zero-order valence-corrected chi connectivity index (χ0v) is 10.4. The number of nitrogens with two attached hydrogens (primary N) is 1. The van der Waals surface area contributed by atoms with Gasteiger partial charge >= 0.3 is 0 Å². The molecule has 2 N–H and O–H groups in total. The van der Waals surface area contributed by atoms with Crippen LogP contribution in [0.5, 0.6) is 0 Å². The van der Waals surface area contributed by atoms with Crippen LogP contribution in [0.25, 0.3) is 0 Å². The number of primary amides is 1. The summed E-state index contributed by atoms with van der Waals surface area (Å²) >= 11 is 0. The van der Waals surface area contributed by atoms with Gasteiger partial charge < -0.3 is 5.73 Å². The van der Waals surface area contributed by atoms with Crippen LogP contribution in [-0.2, 0) is 21.4 Å². The van der Waals surface area contributed by atoms with E-state index in [0.717, 1.165) is 11.5 Å². The van der Waals surface area contributed by atoms with Crippen LogP contribution in [-0.4, -0.2) is 17.9 Å². The van der Waals surface area contributed by atoms with Crippen molar-refractivity contribution in [2.24, 2.45) is 11.7 Å². The number of hydrogen-bond acceptors (Lipinski definition) is 1. The standard InChI is InChI=1S/C13H17NOS/c1-3-12(13(14)15)10-16(2)9-11-7-5-4-6-8-11/h3-8,12H,1,9-10H2,2H3,(H-,14,15)/p+1. The highest BCUT2D eigenvalue weighted by Gasteiger charge is 2.21. The van der Waals surface area contributed by atoms with E-state index in [-0.39, 0.29) is 22.7 Å². The van der Waals surface area contributed by atoms with Gasteiger partial charge in [0.1, 0.15) is 17.4 Å². The number of rotatable bonds is 6. The lowest BCUT2D eigenvalue weighted by molar-refractivity contribution is -0.119. The number of benzene rings is 1. The van der Waals surface area contributed by atoms with Crippen LogP contribution in [0.2, 0.25) is 0 Å². The van der Waals surface area contributed by atoms with Crippen molar-refractivity contribution in [1.82, 2.24) is 0 Å². The molecule has 0 heterocycles. The lowest BCUT2D eigenvalue weighted by atomic mass is 10.2. The molecule has 0 saturated heterocycles. The lowest BCUT2D eigenvalue weighted by Crippen LogP contribution is -2.28. The second-order valence-electron chi connectivity index (χ2n) is 3.82. The molecule has 1 amide bonds. The number of carbonyl (C=O) groups is 1. The summed E-state index contributed by atoms with van der Waals surface area (Å²) in [5.74, 6) is 1.33. The van der Waals surface area contributed by atoms with Crippen LogP contribution in [0, 0.1) is 5.92 Å². The lowest BCUT2D eigenvalue weighted by Gasteiger charge is -2.08. The Morgan fingerprint density at radius 3 is 2.62 bits per heavy atom. The van der Waals surface area contributed by atoms with Gasteiger partial charge in [0.25, 0.3) is 0 Å². The third-order valence-electron chi connectivity index (χ3n) is 2.37. The highest BCUT2D eigenvalue weighted by atomic mass is 32.2. The van der Waals surface area contributed by atoms with Crippen molar-refractivity contribution in [1.29, 1.82) is 0 Å². The fourth-order valence-electron chi connectivity index (χ4n) is 1.49. The van der Waals surface area contributed by atoms with Gasteiger partial charge in [-0.05, 0) is 10.9 Å². The van der Waals surface area contributed by atoms with E-state index in [1.54, 1.807) is 6.08 Å². The maximum absolute atomic E-state index is 11.1. The van der Waals surface area contributed by atoms with E-state index in [9.17, 15) is 4.79 Å². The molecule has 0 fully saturated rings. The quantitative estimate of drug-likeness (QED) is 0.593. The number of carbonyl (C=O) groups excluding carboxylic acids is 1. The molecule has 0 radical (unpaired) electrons. The van der Waals surface area contributed by atoms with E-state index in [4.69, 9.17) is 5.73 Å². The van der Waals surface area contributed by atoms with Crippen LogP contribution < -0.4 is 5.73 Å². The summed E-state index contributed by atoms with van der Waals surface area (Å²) < 4.78 is 0. The van der Waals surface area contributed by atoms with Crippen molar-refractivity contribution in [3.8, 4) is 0 Å². The summed E-state index contributed by atoms with van der Waals surface area (Å²) in [6.45, 7) is 3.65. The number of amides is 1. The second kappa shape index (κ2) is 6.38. The first-order valence-electron chi connectivity index (χ1n) is 5.18. The van der Waals surface area contributed by atoms with Gasteiger partial charge in [0.15, 0.2) is 0 Å². The van der Waals surface area contributed by atoms with Gasteiger partial charge in [0.2, 0.25) is 5.91 Å². The van der Waals surface area contributed by atoms with E-state index in [2.05, 4.69) is 25.0 Å². The van der Waals surface area contributed by atoms with Crippen molar-refractivity contribution in [3.05, 3.63) is 48.6 Å². The Hall–Kier alpha value is -1.22. The Balaban J connectivity index is 2.50. The third kappa shape index (κ3) is 4.11. The molecule has 0 bridgehead atoms. The Morgan fingerprint density at radius 1 is 1.50 bits per heavy atom. The van der Waals surface area contributed by atoms with Gasteiger partial charge in [-0.1, -0.05) is 36.4 Å². The fourth-order valence-corrected chi connectivity index (χ4v) is 3.28. The van der Waals surface area contributed by atoms with Gasteiger partial charge in [-0.3, -0.25) is 4.79 Å². The van der Waals surface area contributed by atoms with Gasteiger partial charge in [0.05, 0.1) is 6.26 Å². The van der Waals surface area contributed by atoms with Gasteiger partial charge in [-0.15, -0.1) is 6.58 Å². The molecule has 0 aliphatic heterocycles. The molecule has 1 rings (SSSR count). The zero-order chi connectivity index (χ0) is 12.0. The van der Waals surface area contributed by atoms with Crippen LogP contribution in [0.1, 0.15) is 5.56 Å². The minimum absolute atomic E-state index is 0.156. The normalized spacial score (nSPS) is 14.1. The molecule has 0 aliphatic rings. The average molecular weight is 236 g/mol. The predicted octanol–water partition coefficient (Wildman–Crippen LogP) is 1.72. The van der Waals surface area contributed by atoms with Crippen LogP contribution >= 0.6 is 0 Å². The molecule has 0 spiro atoms. The maximum Gasteiger partial charge on any atom is 0.229 e. The van der Waals surface area contributed by atoms with Crippen LogP contribution in [0.4, 0.5) is 0 Å². The first kappa shape index (κ1) is 12.8. The van der Waals surface area contributed by atoms with Gasteiger partial charge in [-0.25, -0.2) is 0 Å². The predicted molar refractivity (Wildman–Crippen MR) is 71.2 cm³/mol. The average Bonchev–Trinajstić information content (AvgIpc) is 2.27. The largest absolute Gasteiger partial charge is 0.369 e. The van der Waals surface area contributed by atoms with Crippen LogP contribution in [0.3, 0.4) is 0 Å². The molecule has 16 heavy (non-hydrogen) atoms. The molecular formula is C13H18NOS+. The summed E-state index contributed by atoms with van der Waals surface area (Å²) in [7, 11) is 0.156. The number of hydrogen-bond donors (Lipinski definition) is 1. The van der Waals surface area contributed by atoms with Crippen molar-refractivity contribution >= 4 is 16.8 Å². The minimum Gasteiger partial charge on any atom is -0.369 e. The van der Waals surface area contributed by atoms with E-state index >= 15 is 0 Å². The molecule has 1 aromatic rings. The first-order chi connectivity index (χ1) is 7.63. The maximum atomic E-state index is 11.1. The third-order valence-corrected chi connectivity index (χ3v) is 4.12. The van der Waals surface area contributed by atoms with E-state index in [1.807, 2.05) is 18.2 Å². The highest BCUT2D eigenvalue weighted by molar-refractivity contribution is 7.95. The van der Waals surface area contributed by atoms with Crippen molar-refractivity contribution < 1.29 is 4.79 Å². The monoisotopic (exact) mass is 236 g/mol. The highest BCUT2D eigenvalue weighted by Crippen LogP contribution is 2.10. The molecule has 2 atom stereocenters. The summed E-state index contributed by atoms with van der Waals surface area (Å²) in [5, 5.41) is 0. The van der Waals surface area contributed by atoms with Crippen LogP contribution in [0.15, 0.2) is 43.0 Å². The topological polar surface area (TPSA) is 43.1 Å². The molecule has 0 saturated carbocycles. The first-order valence-corrected chi connectivity index (χ1v) is 7.15. The van der Waals surface area contributed by atoms with E-state index in [1.165, 1.54) is 5.56 Å². The summed E-state index contributed by atoms with van der Waals surface area (Å²) in [6.07, 6.45) is 3.81. The van der Waals surface area contributed by atoms with Gasteiger partial charge in [0, 0.05) is 5.56 Å². The molecule has 0 aromatic heterocycles. The van der Waals surface area contributed by atoms with Gasteiger partial charge in [-0.2, -0.15) is 0 Å². The smallest absolute Gasteiger partial charge is 0.229 e. The Labute approximate surface area is 99.9 Å². The molecule has 2 unspecified atom stereocenters. The Morgan fingerprint density at radius 2 is 2.12 bits per heavy atom. The molecule has 86 valence electrons. The van der Waals surface area contributed by atoms with E-state index in [0.29, 0.717) is 0 Å². The summed E-state index contributed by atoms with van der Waals surface area (Å²) in [6, 6.07) is 10.3. The second-order valence-corrected chi connectivity index (χ2v) is 6.01. The van der Waals surface area contributed by atoms with Crippen molar-refractivity contribution in [3.63, 3.8) is 0 Å². The molecule has 0 aliphatic carbocycles. The fraction of sp³-hybridized carbons (Fsp3) is 0.308. The van der Waals surface area contributed by atoms with Crippen molar-refractivity contribution in [2.75, 3.05) is 12.0 Å². The van der Waals surface area contributed by atoms with E-state index < -0.39 is 0 Å². The minimum atomic E-state index is -0.276. The summed E-state index contributed by atoms with van der Waals surface area (Å²) in [4.78, 5) is 11.1. The molecule has 3 heteroatoms. The van der Waals surface area contributed by atoms with Crippen molar-refractivity contribution in [2.45, 2.75) is 5.75 Å². The molecular weight excluding hydrogens is 218 g/mol. The SMILES string of the molecule is C=CC(C[S+](C)Cc1ccccc1)C(N)=O. The molecule has 2 nitrogen and oxygen atoms in total. The molecule has 1 aromatic carbocycles. The Bertz CT molecular complexity index is 350. The zero-order valence-electron chi connectivity index (χ0n) is 9.56.